The molecule has 0 radical (unpaired) electrons. The van der Waals surface area contributed by atoms with Gasteiger partial charge in [0.2, 0.25) is 0 Å². The topological polar surface area (TPSA) is 123 Å². The lowest BCUT2D eigenvalue weighted by atomic mass is 9.74. The Kier molecular flexibility index (Phi) is 13.1. The second-order valence-corrected chi connectivity index (χ2v) is 14.8. The van der Waals surface area contributed by atoms with Crippen LogP contribution in [0.3, 0.4) is 0 Å². The van der Waals surface area contributed by atoms with Crippen molar-refractivity contribution in [3.05, 3.63) is 71.8 Å². The zero-order valence-corrected chi connectivity index (χ0v) is 29.8. The molecule has 2 aromatic rings. The van der Waals surface area contributed by atoms with Gasteiger partial charge in [-0.05, 0) is 98.1 Å². The molecule has 2 saturated heterocycles. The summed E-state index contributed by atoms with van der Waals surface area (Å²) < 4.78 is 16.2. The standard InChI is InChI=1S/C20H29NO4.C18H25NO4/c1-5-24-17(22)20(15-16-9-7-6-8-10-16)11-13-21(14-12-20)18(23)25-19(2,3)4;1-17(2,3)23-16(22)19-11-9-18(10-12-19,15(20)21)13-14-7-5-4-6-8-14/h6-10H,5,11-15H2,1-4H3;4-8H,9-13H2,1-3H3,(H,20,21). The van der Waals surface area contributed by atoms with Crippen LogP contribution in [0.1, 0.15) is 85.3 Å². The number of carbonyl (C=O) groups is 4. The minimum atomic E-state index is -0.806. The van der Waals surface area contributed by atoms with Crippen LogP contribution < -0.4 is 0 Å². The van der Waals surface area contributed by atoms with Gasteiger partial charge in [0.15, 0.2) is 0 Å². The summed E-state index contributed by atoms with van der Waals surface area (Å²) in [7, 11) is 0. The normalized spacial score (nSPS) is 17.3. The molecule has 2 amide bonds. The Morgan fingerprint density at radius 1 is 0.646 bits per heavy atom. The Morgan fingerprint density at radius 2 is 1.00 bits per heavy atom. The first kappa shape index (κ1) is 38.4. The van der Waals surface area contributed by atoms with E-state index in [0.29, 0.717) is 71.3 Å². The summed E-state index contributed by atoms with van der Waals surface area (Å²) in [6.45, 7) is 15.1. The van der Waals surface area contributed by atoms with E-state index in [4.69, 9.17) is 14.2 Å². The predicted molar refractivity (Wildman–Crippen MR) is 184 cm³/mol. The molecule has 0 aliphatic carbocycles. The van der Waals surface area contributed by atoms with E-state index >= 15 is 0 Å². The minimum Gasteiger partial charge on any atom is -0.481 e. The predicted octanol–water partition coefficient (Wildman–Crippen LogP) is 7.14. The third-order valence-corrected chi connectivity index (χ3v) is 8.68. The first-order chi connectivity index (χ1) is 22.5. The molecule has 2 aliphatic rings. The Balaban J connectivity index is 0.000000261. The minimum absolute atomic E-state index is 0.164. The van der Waals surface area contributed by atoms with Gasteiger partial charge >= 0.3 is 24.1 Å². The third kappa shape index (κ3) is 11.3. The van der Waals surface area contributed by atoms with Crippen molar-refractivity contribution in [2.75, 3.05) is 32.8 Å². The molecular formula is C38H54N2O8. The van der Waals surface area contributed by atoms with Crippen LogP contribution in [-0.2, 0) is 36.6 Å². The van der Waals surface area contributed by atoms with Gasteiger partial charge in [-0.2, -0.15) is 0 Å². The van der Waals surface area contributed by atoms with Crippen LogP contribution in [0, 0.1) is 10.8 Å². The maximum atomic E-state index is 12.7. The zero-order chi connectivity index (χ0) is 35.6. The first-order valence-corrected chi connectivity index (χ1v) is 16.9. The molecule has 2 aromatic carbocycles. The largest absolute Gasteiger partial charge is 0.481 e. The van der Waals surface area contributed by atoms with Gasteiger partial charge in [0.25, 0.3) is 0 Å². The molecule has 0 saturated carbocycles. The maximum Gasteiger partial charge on any atom is 0.410 e. The van der Waals surface area contributed by atoms with Gasteiger partial charge in [-0.15, -0.1) is 0 Å². The van der Waals surface area contributed by atoms with Crippen molar-refractivity contribution in [2.45, 2.75) is 98.2 Å². The molecule has 264 valence electrons. The first-order valence-electron chi connectivity index (χ1n) is 16.9. The van der Waals surface area contributed by atoms with E-state index in [0.717, 1.165) is 11.1 Å². The number of piperidine rings is 2. The number of ether oxygens (including phenoxy) is 3. The van der Waals surface area contributed by atoms with Crippen LogP contribution >= 0.6 is 0 Å². The fourth-order valence-electron chi connectivity index (χ4n) is 6.06. The van der Waals surface area contributed by atoms with Crippen LogP contribution in [0.25, 0.3) is 0 Å². The number of esters is 1. The van der Waals surface area contributed by atoms with Crippen LogP contribution in [0.2, 0.25) is 0 Å². The molecule has 0 aromatic heterocycles. The molecule has 2 fully saturated rings. The maximum absolute atomic E-state index is 12.7. The van der Waals surface area contributed by atoms with Gasteiger partial charge in [0.05, 0.1) is 17.4 Å². The number of hydrogen-bond acceptors (Lipinski definition) is 7. The highest BCUT2D eigenvalue weighted by atomic mass is 16.6. The van der Waals surface area contributed by atoms with Crippen molar-refractivity contribution in [3.63, 3.8) is 0 Å². The quantitative estimate of drug-likeness (QED) is 0.244. The molecule has 0 spiro atoms. The van der Waals surface area contributed by atoms with E-state index in [1.807, 2.05) is 109 Å². The number of rotatable bonds is 7. The second kappa shape index (κ2) is 16.3. The summed E-state index contributed by atoms with van der Waals surface area (Å²) >= 11 is 0. The van der Waals surface area contributed by atoms with Gasteiger partial charge in [-0.3, -0.25) is 9.59 Å². The Labute approximate surface area is 285 Å². The smallest absolute Gasteiger partial charge is 0.410 e. The third-order valence-electron chi connectivity index (χ3n) is 8.68. The monoisotopic (exact) mass is 666 g/mol. The van der Waals surface area contributed by atoms with Gasteiger partial charge < -0.3 is 29.1 Å². The molecule has 1 N–H and O–H groups in total. The van der Waals surface area contributed by atoms with Crippen molar-refractivity contribution >= 4 is 24.1 Å². The number of carboxylic acid groups (broad SMARTS) is 1. The molecule has 2 aliphatic heterocycles. The van der Waals surface area contributed by atoms with Gasteiger partial charge in [0, 0.05) is 26.2 Å². The number of benzene rings is 2. The molecule has 10 nitrogen and oxygen atoms in total. The number of aliphatic carboxylic acids is 1. The average Bonchev–Trinajstić information content (AvgIpc) is 3.01. The SMILES string of the molecule is CC(C)(C)OC(=O)N1CCC(Cc2ccccc2)(C(=O)O)CC1.CCOC(=O)C1(Cc2ccccc2)CCN(C(=O)OC(C)(C)C)CC1. The van der Waals surface area contributed by atoms with Crippen molar-refractivity contribution in [1.29, 1.82) is 0 Å². The molecule has 2 heterocycles. The van der Waals surface area contributed by atoms with Crippen LogP contribution in [0.5, 0.6) is 0 Å². The molecule has 0 unspecified atom stereocenters. The number of hydrogen-bond donors (Lipinski definition) is 1. The number of carboxylic acids is 1. The molecule has 10 heteroatoms. The van der Waals surface area contributed by atoms with E-state index in [9.17, 15) is 24.3 Å². The van der Waals surface area contributed by atoms with Gasteiger partial charge in [-0.25, -0.2) is 9.59 Å². The van der Waals surface area contributed by atoms with E-state index in [2.05, 4.69) is 0 Å². The lowest BCUT2D eigenvalue weighted by molar-refractivity contribution is -0.158. The zero-order valence-electron chi connectivity index (χ0n) is 29.8. The highest BCUT2D eigenvalue weighted by Crippen LogP contribution is 2.38. The summed E-state index contributed by atoms with van der Waals surface area (Å²) in [6, 6.07) is 19.6. The number of likely N-dealkylation sites (tertiary alicyclic amines) is 2. The fourth-order valence-corrected chi connectivity index (χ4v) is 6.06. The van der Waals surface area contributed by atoms with Crippen molar-refractivity contribution < 1.29 is 38.5 Å². The highest BCUT2D eigenvalue weighted by molar-refractivity contribution is 5.78. The molecule has 0 atom stereocenters. The average molecular weight is 667 g/mol. The van der Waals surface area contributed by atoms with Crippen LogP contribution in [0.15, 0.2) is 60.7 Å². The fraction of sp³-hybridized carbons (Fsp3) is 0.579. The van der Waals surface area contributed by atoms with Gasteiger partial charge in [0.1, 0.15) is 11.2 Å². The number of carbonyl (C=O) groups excluding carboxylic acids is 3. The summed E-state index contributed by atoms with van der Waals surface area (Å²) in [4.78, 5) is 52.2. The Hall–Kier alpha value is -4.08. The van der Waals surface area contributed by atoms with E-state index in [-0.39, 0.29) is 18.2 Å². The number of amides is 2. The van der Waals surface area contributed by atoms with Crippen molar-refractivity contribution in [1.82, 2.24) is 9.80 Å². The van der Waals surface area contributed by atoms with E-state index < -0.39 is 28.0 Å². The molecule has 0 bridgehead atoms. The Bertz CT molecular complexity index is 1350. The second-order valence-electron chi connectivity index (χ2n) is 14.8. The molecule has 4 rings (SSSR count). The van der Waals surface area contributed by atoms with Crippen LogP contribution in [-0.4, -0.2) is 83.0 Å². The lowest BCUT2D eigenvalue weighted by Gasteiger charge is -2.40. The Morgan fingerprint density at radius 3 is 1.33 bits per heavy atom. The van der Waals surface area contributed by atoms with E-state index in [1.165, 1.54) is 0 Å². The van der Waals surface area contributed by atoms with Gasteiger partial charge in [-0.1, -0.05) is 60.7 Å². The number of nitrogens with zero attached hydrogens (tertiary/aromatic N) is 2. The van der Waals surface area contributed by atoms with E-state index in [1.54, 1.807) is 9.80 Å². The summed E-state index contributed by atoms with van der Waals surface area (Å²) in [5.41, 5.74) is -0.309. The molecule has 48 heavy (non-hydrogen) atoms. The van der Waals surface area contributed by atoms with Crippen LogP contribution in [0.4, 0.5) is 9.59 Å². The van der Waals surface area contributed by atoms with Crippen molar-refractivity contribution in [2.24, 2.45) is 10.8 Å². The molecular weight excluding hydrogens is 612 g/mol. The summed E-state index contributed by atoms with van der Waals surface area (Å²) in [5.74, 6) is -0.951. The summed E-state index contributed by atoms with van der Waals surface area (Å²) in [6.07, 6.45) is 2.49. The lowest BCUT2D eigenvalue weighted by Crippen LogP contribution is -2.49. The summed E-state index contributed by atoms with van der Waals surface area (Å²) in [5, 5.41) is 9.73. The van der Waals surface area contributed by atoms with Crippen molar-refractivity contribution in [3.8, 4) is 0 Å². The highest BCUT2D eigenvalue weighted by Gasteiger charge is 2.45.